The number of carbonyl (C=O) groups excluding carboxylic acids is 1. The van der Waals surface area contributed by atoms with E-state index < -0.39 is 23.2 Å². The van der Waals surface area contributed by atoms with Crippen molar-refractivity contribution in [3.8, 4) is 28.0 Å². The first-order valence-corrected chi connectivity index (χ1v) is 8.74. The Kier molecular flexibility index (Phi) is 4.17. The number of rotatable bonds is 4. The lowest BCUT2D eigenvalue weighted by Crippen LogP contribution is -2.04. The summed E-state index contributed by atoms with van der Waals surface area (Å²) < 4.78 is 14.6. The zero-order valence-corrected chi connectivity index (χ0v) is 14.5. The fraction of sp³-hybridized carbons (Fsp3) is 0. The van der Waals surface area contributed by atoms with Crippen LogP contribution in [-0.2, 0) is 0 Å². The van der Waals surface area contributed by atoms with Crippen molar-refractivity contribution in [2.24, 2.45) is 0 Å². The molecule has 4 rings (SSSR count). The van der Waals surface area contributed by atoms with Crippen molar-refractivity contribution in [2.75, 3.05) is 0 Å². The first-order valence-electron chi connectivity index (χ1n) is 7.86. The molecule has 4 aromatic rings. The van der Waals surface area contributed by atoms with Gasteiger partial charge in [0.25, 0.3) is 0 Å². The highest BCUT2D eigenvalue weighted by Gasteiger charge is 2.30. The van der Waals surface area contributed by atoms with Gasteiger partial charge in [0.15, 0.2) is 11.5 Å². The zero-order valence-electron chi connectivity index (χ0n) is 13.7. The van der Waals surface area contributed by atoms with Crippen molar-refractivity contribution in [2.45, 2.75) is 0 Å². The summed E-state index contributed by atoms with van der Waals surface area (Å²) in [5, 5.41) is 29.0. The van der Waals surface area contributed by atoms with Crippen LogP contribution in [0.25, 0.3) is 16.4 Å². The fourth-order valence-electron chi connectivity index (χ4n) is 2.83. The lowest BCUT2D eigenvalue weighted by molar-refractivity contribution is 0.103. The van der Waals surface area contributed by atoms with Gasteiger partial charge in [-0.15, -0.1) is 10.2 Å². The second kappa shape index (κ2) is 6.65. The number of carbonyl (C=O) groups is 1. The van der Waals surface area contributed by atoms with Crippen molar-refractivity contribution in [3.63, 3.8) is 0 Å². The van der Waals surface area contributed by atoms with Crippen LogP contribution in [0.5, 0.6) is 11.6 Å². The van der Waals surface area contributed by atoms with Crippen molar-refractivity contribution >= 4 is 17.1 Å². The maximum atomic E-state index is 13.4. The average Bonchev–Trinajstić information content (AvgIpc) is 3.30. The molecule has 0 bridgehead atoms. The molecule has 2 aromatic carbocycles. The highest BCUT2D eigenvalue weighted by atomic mass is 32.1. The van der Waals surface area contributed by atoms with E-state index in [0.717, 1.165) is 11.3 Å². The van der Waals surface area contributed by atoms with E-state index in [9.17, 15) is 19.4 Å². The minimum absolute atomic E-state index is 0.0968. The number of aromatic nitrogens is 3. The minimum Gasteiger partial charge on any atom is -0.503 e. The molecule has 2 aromatic heterocycles. The second-order valence-electron chi connectivity index (χ2n) is 5.65. The van der Waals surface area contributed by atoms with Crippen LogP contribution >= 0.6 is 11.3 Å². The van der Waals surface area contributed by atoms with Gasteiger partial charge in [-0.3, -0.25) is 9.36 Å². The third-order valence-corrected chi connectivity index (χ3v) is 4.72. The van der Waals surface area contributed by atoms with Crippen LogP contribution in [0.2, 0.25) is 0 Å². The Bertz CT molecular complexity index is 1110. The van der Waals surface area contributed by atoms with E-state index in [-0.39, 0.29) is 16.4 Å². The Hall–Kier alpha value is -3.52. The lowest BCUT2D eigenvalue weighted by Gasteiger charge is -2.09. The maximum Gasteiger partial charge on any atom is 0.242 e. The van der Waals surface area contributed by atoms with Crippen LogP contribution < -0.4 is 0 Å². The Morgan fingerprint density at radius 3 is 2.37 bits per heavy atom. The summed E-state index contributed by atoms with van der Waals surface area (Å²) in [4.78, 5) is 13.1. The van der Waals surface area contributed by atoms with Gasteiger partial charge in [0.2, 0.25) is 11.0 Å². The summed E-state index contributed by atoms with van der Waals surface area (Å²) in [7, 11) is 0. The molecule has 0 amide bonds. The van der Waals surface area contributed by atoms with Crippen LogP contribution in [0.3, 0.4) is 0 Å². The van der Waals surface area contributed by atoms with E-state index in [4.69, 9.17) is 0 Å². The number of aromatic hydroxyl groups is 2. The van der Waals surface area contributed by atoms with Gasteiger partial charge < -0.3 is 10.2 Å². The Morgan fingerprint density at radius 1 is 1.04 bits per heavy atom. The monoisotopic (exact) mass is 381 g/mol. The molecule has 2 heterocycles. The molecular weight excluding hydrogens is 369 g/mol. The highest BCUT2D eigenvalue weighted by molar-refractivity contribution is 7.11. The first kappa shape index (κ1) is 16.9. The fourth-order valence-corrected chi connectivity index (χ4v) is 3.39. The third kappa shape index (κ3) is 2.85. The molecule has 0 aliphatic carbocycles. The number of hydrogen-bond acceptors (Lipinski definition) is 6. The highest BCUT2D eigenvalue weighted by Crippen LogP contribution is 2.44. The van der Waals surface area contributed by atoms with Crippen LogP contribution in [-0.4, -0.2) is 30.8 Å². The molecule has 0 fully saturated rings. The van der Waals surface area contributed by atoms with E-state index in [2.05, 4.69) is 10.2 Å². The molecule has 27 heavy (non-hydrogen) atoms. The van der Waals surface area contributed by atoms with E-state index in [1.54, 1.807) is 30.3 Å². The van der Waals surface area contributed by atoms with E-state index in [1.165, 1.54) is 34.3 Å². The van der Waals surface area contributed by atoms with Gasteiger partial charge in [-0.1, -0.05) is 41.7 Å². The van der Waals surface area contributed by atoms with Crippen LogP contribution in [0.15, 0.2) is 60.1 Å². The van der Waals surface area contributed by atoms with Crippen LogP contribution in [0.1, 0.15) is 15.9 Å². The molecule has 6 nitrogen and oxygen atoms in total. The predicted molar refractivity (Wildman–Crippen MR) is 97.8 cm³/mol. The molecule has 134 valence electrons. The molecule has 0 unspecified atom stereocenters. The zero-order chi connectivity index (χ0) is 19.0. The van der Waals surface area contributed by atoms with Gasteiger partial charge in [0.05, 0.1) is 11.3 Å². The quantitative estimate of drug-likeness (QED) is 0.525. The summed E-state index contributed by atoms with van der Waals surface area (Å²) in [5.74, 6) is -2.04. The van der Waals surface area contributed by atoms with E-state index >= 15 is 0 Å². The summed E-state index contributed by atoms with van der Waals surface area (Å²) in [6.07, 6.45) is 0. The Morgan fingerprint density at radius 2 is 1.74 bits per heavy atom. The van der Waals surface area contributed by atoms with Crippen molar-refractivity contribution in [1.29, 1.82) is 0 Å². The topological polar surface area (TPSA) is 88.2 Å². The van der Waals surface area contributed by atoms with Gasteiger partial charge in [0, 0.05) is 5.56 Å². The van der Waals surface area contributed by atoms with Gasteiger partial charge in [-0.05, 0) is 29.8 Å². The van der Waals surface area contributed by atoms with Crippen molar-refractivity contribution in [1.82, 2.24) is 14.8 Å². The lowest BCUT2D eigenvalue weighted by atomic mass is 9.99. The Labute approximate surface area is 156 Å². The van der Waals surface area contributed by atoms with Gasteiger partial charge >= 0.3 is 0 Å². The number of halogens is 1. The number of hydrogen-bond donors (Lipinski definition) is 2. The molecule has 8 heteroatoms. The summed E-state index contributed by atoms with van der Waals surface area (Å²) >= 11 is 1.12. The Balaban J connectivity index is 2.02. The van der Waals surface area contributed by atoms with Crippen molar-refractivity contribution < 1.29 is 19.4 Å². The van der Waals surface area contributed by atoms with Gasteiger partial charge in [-0.2, -0.15) is 0 Å². The molecule has 0 aliphatic heterocycles. The van der Waals surface area contributed by atoms with Crippen molar-refractivity contribution in [3.05, 3.63) is 77.1 Å². The molecular formula is C19H12FN3O3S. The normalized spacial score (nSPS) is 10.9. The second-order valence-corrected chi connectivity index (χ2v) is 6.47. The molecule has 0 radical (unpaired) electrons. The van der Waals surface area contributed by atoms with Gasteiger partial charge in [0.1, 0.15) is 11.3 Å². The maximum absolute atomic E-state index is 13.4. The summed E-state index contributed by atoms with van der Waals surface area (Å²) in [6, 6.07) is 13.8. The summed E-state index contributed by atoms with van der Waals surface area (Å²) in [6.45, 7) is 0. The number of benzene rings is 2. The first-order chi connectivity index (χ1) is 13.1. The van der Waals surface area contributed by atoms with Gasteiger partial charge in [-0.25, -0.2) is 4.39 Å². The van der Waals surface area contributed by atoms with Crippen LogP contribution in [0, 0.1) is 5.82 Å². The molecule has 0 saturated heterocycles. The molecule has 0 saturated carbocycles. The predicted octanol–water partition coefficient (Wildman–Crippen LogP) is 3.78. The number of nitrogens with zero attached hydrogens (tertiary/aromatic N) is 3. The third-order valence-electron chi connectivity index (χ3n) is 4.04. The smallest absolute Gasteiger partial charge is 0.242 e. The molecule has 0 atom stereocenters. The molecule has 0 aliphatic rings. The van der Waals surface area contributed by atoms with Crippen LogP contribution in [0.4, 0.5) is 4.39 Å². The standard InChI is InChI=1S/C19H12FN3O3S/c20-13-8-6-11(7-9-13)15-14(16(24)12-4-2-1-3-5-12)17(25)18(26)23(15)19-22-21-10-27-19/h1-10,25-26H. The largest absolute Gasteiger partial charge is 0.503 e. The molecule has 2 N–H and O–H groups in total. The number of ketones is 1. The molecule has 0 spiro atoms. The minimum atomic E-state index is -0.571. The average molecular weight is 381 g/mol. The van der Waals surface area contributed by atoms with E-state index in [0.29, 0.717) is 11.1 Å². The summed E-state index contributed by atoms with van der Waals surface area (Å²) in [5.41, 5.74) is 2.34. The SMILES string of the molecule is O=C(c1ccccc1)c1c(O)c(O)n(-c2nncs2)c1-c1ccc(F)cc1. The van der Waals surface area contributed by atoms with E-state index in [1.807, 2.05) is 0 Å².